The first-order valence-corrected chi connectivity index (χ1v) is 9.03. The van der Waals surface area contributed by atoms with Gasteiger partial charge in [0.15, 0.2) is 6.61 Å². The van der Waals surface area contributed by atoms with Gasteiger partial charge in [-0.15, -0.1) is 11.3 Å². The molecule has 2 aromatic rings. The van der Waals surface area contributed by atoms with Crippen molar-refractivity contribution in [1.29, 1.82) is 5.26 Å². The van der Waals surface area contributed by atoms with Gasteiger partial charge in [-0.3, -0.25) is 14.9 Å². The Morgan fingerprint density at radius 1 is 1.42 bits per heavy atom. The van der Waals surface area contributed by atoms with Crippen LogP contribution in [0.3, 0.4) is 0 Å². The summed E-state index contributed by atoms with van der Waals surface area (Å²) in [7, 11) is 0. The molecule has 0 spiro atoms. The second-order valence-electron chi connectivity index (χ2n) is 6.07. The highest BCUT2D eigenvalue weighted by Crippen LogP contribution is 2.37. The summed E-state index contributed by atoms with van der Waals surface area (Å²) in [5, 5.41) is 23.6. The summed E-state index contributed by atoms with van der Waals surface area (Å²) in [5.74, 6) is 0.0188. The molecule has 1 amide bonds. The molecule has 1 heterocycles. The molecule has 0 atom stereocenters. The third kappa shape index (κ3) is 3.68. The van der Waals surface area contributed by atoms with E-state index in [0.29, 0.717) is 21.9 Å². The van der Waals surface area contributed by atoms with Gasteiger partial charge in [-0.05, 0) is 50.3 Å². The van der Waals surface area contributed by atoms with Crippen LogP contribution >= 0.6 is 11.3 Å². The van der Waals surface area contributed by atoms with Crippen LogP contribution in [0.1, 0.15) is 34.4 Å². The lowest BCUT2D eigenvalue weighted by molar-refractivity contribution is -0.385. The Labute approximate surface area is 154 Å². The molecule has 3 rings (SSSR count). The molecule has 1 aliphatic carbocycles. The van der Waals surface area contributed by atoms with Gasteiger partial charge < -0.3 is 10.1 Å². The maximum absolute atomic E-state index is 12.2. The third-order valence-corrected chi connectivity index (χ3v) is 5.48. The van der Waals surface area contributed by atoms with E-state index in [1.165, 1.54) is 34.4 Å². The highest BCUT2D eigenvalue weighted by Gasteiger charge is 2.22. The Morgan fingerprint density at radius 3 is 2.88 bits per heavy atom. The normalized spacial score (nSPS) is 12.8. The van der Waals surface area contributed by atoms with Crippen molar-refractivity contribution >= 4 is 27.9 Å². The highest BCUT2D eigenvalue weighted by molar-refractivity contribution is 7.16. The van der Waals surface area contributed by atoms with E-state index in [1.54, 1.807) is 6.92 Å². The van der Waals surface area contributed by atoms with Crippen LogP contribution in [0.25, 0.3) is 0 Å². The molecule has 0 aliphatic heterocycles. The van der Waals surface area contributed by atoms with Crippen molar-refractivity contribution in [3.63, 3.8) is 0 Å². The number of thiophene rings is 1. The quantitative estimate of drug-likeness (QED) is 0.637. The minimum absolute atomic E-state index is 0.00429. The van der Waals surface area contributed by atoms with Gasteiger partial charge in [0.2, 0.25) is 0 Å². The maximum atomic E-state index is 12.2. The predicted octanol–water partition coefficient (Wildman–Crippen LogP) is 3.73. The first-order chi connectivity index (χ1) is 12.5. The van der Waals surface area contributed by atoms with Crippen molar-refractivity contribution in [2.24, 2.45) is 0 Å². The predicted molar refractivity (Wildman–Crippen MR) is 97.6 cm³/mol. The standard InChI is InChI=1S/C18H17N3O4S/c1-11-8-12(6-7-15(11)21(23)24)25-10-17(22)20-18-14(9-19)13-4-2-3-5-16(13)26-18/h6-8H,2-5,10H2,1H3,(H,20,22). The van der Waals surface area contributed by atoms with E-state index in [0.717, 1.165) is 31.2 Å². The molecule has 7 nitrogen and oxygen atoms in total. The highest BCUT2D eigenvalue weighted by atomic mass is 32.1. The number of rotatable bonds is 5. The van der Waals surface area contributed by atoms with E-state index in [9.17, 15) is 20.2 Å². The van der Waals surface area contributed by atoms with Crippen LogP contribution in [0.4, 0.5) is 10.7 Å². The summed E-state index contributed by atoms with van der Waals surface area (Å²) >= 11 is 1.46. The molecule has 0 saturated heterocycles. The number of ether oxygens (including phenoxy) is 1. The summed E-state index contributed by atoms with van der Waals surface area (Å²) in [4.78, 5) is 23.7. The summed E-state index contributed by atoms with van der Waals surface area (Å²) < 4.78 is 5.42. The molecule has 1 aromatic carbocycles. The van der Waals surface area contributed by atoms with Crippen LogP contribution in [0, 0.1) is 28.4 Å². The number of fused-ring (bicyclic) bond motifs is 1. The Hall–Kier alpha value is -2.92. The van der Waals surface area contributed by atoms with Gasteiger partial charge in [0, 0.05) is 16.5 Å². The van der Waals surface area contributed by atoms with Crippen molar-refractivity contribution in [2.75, 3.05) is 11.9 Å². The smallest absolute Gasteiger partial charge is 0.272 e. The molecule has 1 N–H and O–H groups in total. The number of hydrogen-bond acceptors (Lipinski definition) is 6. The average Bonchev–Trinajstić information content (AvgIpc) is 2.96. The minimum Gasteiger partial charge on any atom is -0.484 e. The monoisotopic (exact) mass is 371 g/mol. The van der Waals surface area contributed by atoms with Crippen molar-refractivity contribution in [3.8, 4) is 11.8 Å². The van der Waals surface area contributed by atoms with Crippen LogP contribution in [-0.2, 0) is 17.6 Å². The van der Waals surface area contributed by atoms with Crippen LogP contribution in [0.15, 0.2) is 18.2 Å². The van der Waals surface area contributed by atoms with Crippen LogP contribution in [-0.4, -0.2) is 17.4 Å². The number of carbonyl (C=O) groups excluding carboxylic acids is 1. The molecule has 134 valence electrons. The number of hydrogen-bond donors (Lipinski definition) is 1. The number of nitro benzene ring substituents is 1. The van der Waals surface area contributed by atoms with E-state index in [-0.39, 0.29) is 18.2 Å². The Bertz CT molecular complexity index is 914. The zero-order chi connectivity index (χ0) is 18.7. The van der Waals surface area contributed by atoms with E-state index in [4.69, 9.17) is 4.74 Å². The number of carbonyl (C=O) groups is 1. The van der Waals surface area contributed by atoms with E-state index < -0.39 is 4.92 Å². The van der Waals surface area contributed by atoms with Crippen molar-refractivity contribution in [3.05, 3.63) is 49.9 Å². The van der Waals surface area contributed by atoms with Crippen molar-refractivity contribution < 1.29 is 14.5 Å². The number of aryl methyl sites for hydroxylation is 2. The molecule has 26 heavy (non-hydrogen) atoms. The van der Waals surface area contributed by atoms with Crippen LogP contribution in [0.2, 0.25) is 0 Å². The summed E-state index contributed by atoms with van der Waals surface area (Å²) in [6.45, 7) is 1.38. The molecule has 1 aromatic heterocycles. The van der Waals surface area contributed by atoms with Gasteiger partial charge in [-0.25, -0.2) is 0 Å². The molecule has 1 aliphatic rings. The lowest BCUT2D eigenvalue weighted by Crippen LogP contribution is -2.20. The molecule has 0 unspecified atom stereocenters. The first-order valence-electron chi connectivity index (χ1n) is 8.22. The Morgan fingerprint density at radius 2 is 2.19 bits per heavy atom. The van der Waals surface area contributed by atoms with E-state index in [2.05, 4.69) is 11.4 Å². The number of amides is 1. The first kappa shape index (κ1) is 17.9. The number of nitro groups is 1. The number of benzene rings is 1. The van der Waals surface area contributed by atoms with Crippen molar-refractivity contribution in [2.45, 2.75) is 32.6 Å². The fourth-order valence-electron chi connectivity index (χ4n) is 3.01. The lowest BCUT2D eigenvalue weighted by atomic mass is 9.96. The molecule has 0 radical (unpaired) electrons. The van der Waals surface area contributed by atoms with E-state index in [1.807, 2.05) is 0 Å². The van der Waals surface area contributed by atoms with Crippen LogP contribution < -0.4 is 10.1 Å². The summed E-state index contributed by atoms with van der Waals surface area (Å²) in [5.41, 5.74) is 2.09. The zero-order valence-corrected chi connectivity index (χ0v) is 15.0. The lowest BCUT2D eigenvalue weighted by Gasteiger charge is -2.09. The van der Waals surface area contributed by atoms with Gasteiger partial charge in [-0.2, -0.15) is 5.26 Å². The molecule has 0 fully saturated rings. The second kappa shape index (κ2) is 7.54. The number of anilines is 1. The largest absolute Gasteiger partial charge is 0.484 e. The van der Waals surface area contributed by atoms with Crippen molar-refractivity contribution in [1.82, 2.24) is 0 Å². The number of nitrogens with zero attached hydrogens (tertiary/aromatic N) is 2. The molecular weight excluding hydrogens is 354 g/mol. The van der Waals surface area contributed by atoms with Gasteiger partial charge in [0.25, 0.3) is 11.6 Å². The number of nitrogens with one attached hydrogen (secondary N) is 1. The fraction of sp³-hybridized carbons (Fsp3) is 0.333. The maximum Gasteiger partial charge on any atom is 0.272 e. The summed E-state index contributed by atoms with van der Waals surface area (Å²) in [6, 6.07) is 6.53. The van der Waals surface area contributed by atoms with Gasteiger partial charge in [0.05, 0.1) is 10.5 Å². The van der Waals surface area contributed by atoms with Gasteiger partial charge >= 0.3 is 0 Å². The van der Waals surface area contributed by atoms with Crippen LogP contribution in [0.5, 0.6) is 5.75 Å². The Kier molecular flexibility index (Phi) is 5.19. The second-order valence-corrected chi connectivity index (χ2v) is 7.17. The average molecular weight is 371 g/mol. The third-order valence-electron chi connectivity index (χ3n) is 4.27. The summed E-state index contributed by atoms with van der Waals surface area (Å²) in [6.07, 6.45) is 4.00. The molecular formula is C18H17N3O4S. The fourth-order valence-corrected chi connectivity index (χ4v) is 4.26. The van der Waals surface area contributed by atoms with Gasteiger partial charge in [0.1, 0.15) is 16.8 Å². The SMILES string of the molecule is Cc1cc(OCC(=O)Nc2sc3c(c2C#N)CCCC3)ccc1[N+](=O)[O-]. The molecule has 0 saturated carbocycles. The van der Waals surface area contributed by atoms with E-state index >= 15 is 0 Å². The van der Waals surface area contributed by atoms with Gasteiger partial charge in [-0.1, -0.05) is 0 Å². The number of nitriles is 1. The molecule has 0 bridgehead atoms. The minimum atomic E-state index is -0.464. The zero-order valence-electron chi connectivity index (χ0n) is 14.2. The topological polar surface area (TPSA) is 105 Å². The molecule has 8 heteroatoms. The Balaban J connectivity index is 1.65.